The number of carbonyl (C=O) groups is 3. The first kappa shape index (κ1) is 21.1. The van der Waals surface area contributed by atoms with Crippen molar-refractivity contribution in [3.05, 3.63) is 24.3 Å². The van der Waals surface area contributed by atoms with E-state index < -0.39 is 36.2 Å². The van der Waals surface area contributed by atoms with E-state index in [1.54, 1.807) is 25.1 Å². The molecular formula is C24H30N2O6. The third kappa shape index (κ3) is 4.02. The van der Waals surface area contributed by atoms with Gasteiger partial charge in [0, 0.05) is 5.54 Å². The van der Waals surface area contributed by atoms with Gasteiger partial charge in [0.05, 0.1) is 0 Å². The van der Waals surface area contributed by atoms with Gasteiger partial charge in [-0.1, -0.05) is 12.1 Å². The predicted molar refractivity (Wildman–Crippen MR) is 114 cm³/mol. The van der Waals surface area contributed by atoms with Crippen LogP contribution in [0.1, 0.15) is 52.4 Å². The zero-order valence-electron chi connectivity index (χ0n) is 18.5. The number of hydrogen-bond acceptors (Lipinski definition) is 6. The zero-order chi connectivity index (χ0) is 22.5. The van der Waals surface area contributed by atoms with E-state index in [0.29, 0.717) is 29.3 Å². The molecule has 8 heteroatoms. The van der Waals surface area contributed by atoms with Gasteiger partial charge in [0.25, 0.3) is 5.91 Å². The van der Waals surface area contributed by atoms with Crippen LogP contribution in [0.5, 0.6) is 11.5 Å². The van der Waals surface area contributed by atoms with Crippen molar-refractivity contribution in [3.8, 4) is 11.5 Å². The molecule has 4 aliphatic carbocycles. The summed E-state index contributed by atoms with van der Waals surface area (Å²) in [5.74, 6) is 1.67. The molecule has 0 radical (unpaired) electrons. The van der Waals surface area contributed by atoms with E-state index in [0.717, 1.165) is 19.3 Å². The first-order chi connectivity index (χ1) is 15.3. The molecule has 172 valence electrons. The number of esters is 1. The number of hydrogen-bond donors (Lipinski definition) is 2. The van der Waals surface area contributed by atoms with Gasteiger partial charge in [-0.05, 0) is 82.3 Å². The third-order valence-electron chi connectivity index (χ3n) is 7.39. The summed E-state index contributed by atoms with van der Waals surface area (Å²) in [4.78, 5) is 37.7. The fourth-order valence-electron chi connectivity index (χ4n) is 6.42. The molecule has 6 rings (SSSR count). The molecule has 1 aliphatic heterocycles. The van der Waals surface area contributed by atoms with E-state index in [2.05, 4.69) is 10.6 Å². The van der Waals surface area contributed by atoms with Crippen LogP contribution in [0, 0.1) is 17.8 Å². The Morgan fingerprint density at radius 1 is 1.00 bits per heavy atom. The van der Waals surface area contributed by atoms with Crippen molar-refractivity contribution in [2.45, 2.75) is 76.2 Å². The molecule has 32 heavy (non-hydrogen) atoms. The highest BCUT2D eigenvalue weighted by Crippen LogP contribution is 2.55. The molecule has 0 saturated heterocycles. The SMILES string of the molecule is CC(OC(=O)C1Oc2ccccc2OC1C)C(=O)NC(=O)NC12CC3CC(CC(C3)C1)C2. The maximum atomic E-state index is 12.6. The lowest BCUT2D eigenvalue weighted by atomic mass is 9.53. The summed E-state index contributed by atoms with van der Waals surface area (Å²) >= 11 is 0. The molecule has 3 atom stereocenters. The van der Waals surface area contributed by atoms with Crippen molar-refractivity contribution in [2.75, 3.05) is 0 Å². The van der Waals surface area contributed by atoms with Crippen molar-refractivity contribution in [1.29, 1.82) is 0 Å². The number of imide groups is 1. The van der Waals surface area contributed by atoms with Crippen LogP contribution >= 0.6 is 0 Å². The first-order valence-corrected chi connectivity index (χ1v) is 11.6. The fourth-order valence-corrected chi connectivity index (χ4v) is 6.42. The van der Waals surface area contributed by atoms with Gasteiger partial charge in [0.1, 0.15) is 6.10 Å². The molecular weight excluding hydrogens is 412 g/mol. The normalized spacial score (nSPS) is 35.0. The predicted octanol–water partition coefficient (Wildman–Crippen LogP) is 2.94. The fraction of sp³-hybridized carbons (Fsp3) is 0.625. The van der Waals surface area contributed by atoms with E-state index in [1.807, 2.05) is 6.07 Å². The number of urea groups is 1. The second kappa shape index (κ2) is 7.98. The summed E-state index contributed by atoms with van der Waals surface area (Å²) in [5.41, 5.74) is -0.199. The van der Waals surface area contributed by atoms with Crippen LogP contribution in [0.15, 0.2) is 24.3 Å². The quantitative estimate of drug-likeness (QED) is 0.695. The van der Waals surface area contributed by atoms with E-state index in [4.69, 9.17) is 14.2 Å². The maximum Gasteiger partial charge on any atom is 0.352 e. The Balaban J connectivity index is 1.14. The minimum Gasteiger partial charge on any atom is -0.482 e. The molecule has 2 N–H and O–H groups in total. The van der Waals surface area contributed by atoms with Crippen LogP contribution in [0.25, 0.3) is 0 Å². The van der Waals surface area contributed by atoms with E-state index >= 15 is 0 Å². The van der Waals surface area contributed by atoms with Crippen molar-refractivity contribution in [2.24, 2.45) is 17.8 Å². The number of carbonyl (C=O) groups excluding carboxylic acids is 3. The van der Waals surface area contributed by atoms with Crippen LogP contribution in [0.4, 0.5) is 4.79 Å². The average Bonchev–Trinajstić information content (AvgIpc) is 2.71. The number of rotatable bonds is 4. The highest BCUT2D eigenvalue weighted by molar-refractivity contribution is 5.97. The summed E-state index contributed by atoms with van der Waals surface area (Å²) < 4.78 is 16.7. The highest BCUT2D eigenvalue weighted by atomic mass is 16.6. The Kier molecular flexibility index (Phi) is 5.26. The van der Waals surface area contributed by atoms with Crippen LogP contribution in [-0.4, -0.2) is 41.8 Å². The first-order valence-electron chi connectivity index (χ1n) is 11.6. The molecule has 1 aromatic rings. The molecule has 8 nitrogen and oxygen atoms in total. The van der Waals surface area contributed by atoms with Crippen molar-refractivity contribution in [3.63, 3.8) is 0 Å². The summed E-state index contributed by atoms with van der Waals surface area (Å²) in [6, 6.07) is 6.53. The second-order valence-electron chi connectivity index (χ2n) is 10.0. The van der Waals surface area contributed by atoms with Gasteiger partial charge in [-0.2, -0.15) is 0 Å². The second-order valence-corrected chi connectivity index (χ2v) is 10.0. The molecule has 1 aromatic carbocycles. The van der Waals surface area contributed by atoms with Crippen LogP contribution in [0.3, 0.4) is 0 Å². The molecule has 0 aromatic heterocycles. The van der Waals surface area contributed by atoms with Gasteiger partial charge in [0.15, 0.2) is 17.6 Å². The summed E-state index contributed by atoms with van der Waals surface area (Å²) in [6.07, 6.45) is 4.06. The summed E-state index contributed by atoms with van der Waals surface area (Å²) in [5, 5.41) is 5.44. The standard InChI is InChI=1S/C24H30N2O6/c1-13-20(32-19-6-4-3-5-18(19)30-13)22(28)31-14(2)21(27)25-23(29)26-24-10-15-7-16(11-24)9-17(8-15)12-24/h3-6,13-17,20H,7-12H2,1-2H3,(H2,25,26,27,29). The van der Waals surface area contributed by atoms with Gasteiger partial charge >= 0.3 is 12.0 Å². The van der Waals surface area contributed by atoms with Gasteiger partial charge in [-0.15, -0.1) is 0 Å². The largest absolute Gasteiger partial charge is 0.482 e. The number of ether oxygens (including phenoxy) is 3. The minimum atomic E-state index is -1.14. The van der Waals surface area contributed by atoms with Gasteiger partial charge in [-0.25, -0.2) is 9.59 Å². The number of amides is 3. The average molecular weight is 443 g/mol. The Morgan fingerprint density at radius 2 is 1.56 bits per heavy atom. The third-order valence-corrected chi connectivity index (χ3v) is 7.39. The van der Waals surface area contributed by atoms with Crippen LogP contribution < -0.4 is 20.1 Å². The topological polar surface area (TPSA) is 103 Å². The summed E-state index contributed by atoms with van der Waals surface area (Å²) in [6.45, 7) is 3.14. The van der Waals surface area contributed by atoms with E-state index in [-0.39, 0.29) is 5.54 Å². The van der Waals surface area contributed by atoms with E-state index in [9.17, 15) is 14.4 Å². The molecule has 4 saturated carbocycles. The number of para-hydroxylation sites is 2. The molecule has 1 heterocycles. The minimum absolute atomic E-state index is 0.199. The molecule has 3 amide bonds. The molecule has 4 bridgehead atoms. The van der Waals surface area contributed by atoms with Gasteiger partial charge < -0.3 is 19.5 Å². The Hall–Kier alpha value is -2.77. The number of benzene rings is 1. The van der Waals surface area contributed by atoms with Crippen molar-refractivity contribution >= 4 is 17.9 Å². The number of nitrogens with one attached hydrogen (secondary N) is 2. The molecule has 4 fully saturated rings. The van der Waals surface area contributed by atoms with Crippen molar-refractivity contribution in [1.82, 2.24) is 10.6 Å². The molecule has 5 aliphatic rings. The Bertz CT molecular complexity index is 896. The molecule has 3 unspecified atom stereocenters. The molecule has 0 spiro atoms. The lowest BCUT2D eigenvalue weighted by molar-refractivity contribution is -0.166. The van der Waals surface area contributed by atoms with Gasteiger partial charge in [-0.3, -0.25) is 10.1 Å². The lowest BCUT2D eigenvalue weighted by Gasteiger charge is -2.56. The smallest absolute Gasteiger partial charge is 0.352 e. The monoisotopic (exact) mass is 442 g/mol. The summed E-state index contributed by atoms with van der Waals surface area (Å²) in [7, 11) is 0. The zero-order valence-corrected chi connectivity index (χ0v) is 18.5. The Labute approximate surface area is 187 Å². The van der Waals surface area contributed by atoms with Crippen molar-refractivity contribution < 1.29 is 28.6 Å². The van der Waals surface area contributed by atoms with E-state index in [1.165, 1.54) is 26.2 Å². The Morgan fingerprint density at radius 3 is 2.16 bits per heavy atom. The lowest BCUT2D eigenvalue weighted by Crippen LogP contribution is -2.62. The number of fused-ring (bicyclic) bond motifs is 1. The maximum absolute atomic E-state index is 12.6. The highest BCUT2D eigenvalue weighted by Gasteiger charge is 2.51. The van der Waals surface area contributed by atoms with Crippen LogP contribution in [-0.2, 0) is 14.3 Å². The van der Waals surface area contributed by atoms with Gasteiger partial charge in [0.2, 0.25) is 6.10 Å². The van der Waals surface area contributed by atoms with Crippen LogP contribution in [0.2, 0.25) is 0 Å².